The summed E-state index contributed by atoms with van der Waals surface area (Å²) in [5, 5.41) is 12.1. The Bertz CT molecular complexity index is 1510. The van der Waals surface area contributed by atoms with E-state index in [0.29, 0.717) is 35.5 Å². The molecule has 0 saturated heterocycles. The van der Waals surface area contributed by atoms with E-state index >= 15 is 0 Å². The number of phenols is 1. The Kier molecular flexibility index (Phi) is 10.4. The number of amides is 3. The van der Waals surface area contributed by atoms with E-state index in [2.05, 4.69) is 10.3 Å². The first-order chi connectivity index (χ1) is 20.0. The van der Waals surface area contributed by atoms with Gasteiger partial charge in [-0.05, 0) is 74.7 Å². The summed E-state index contributed by atoms with van der Waals surface area (Å²) in [7, 11) is 1.70. The molecule has 222 valence electrons. The molecule has 1 aromatic heterocycles. The number of aromatic nitrogens is 1. The molecule has 12 heteroatoms. The number of nitrogens with zero attached hydrogens (tertiary/aromatic N) is 3. The van der Waals surface area contributed by atoms with Gasteiger partial charge in [0.05, 0.1) is 22.5 Å². The van der Waals surface area contributed by atoms with Gasteiger partial charge < -0.3 is 30.2 Å². The Balaban J connectivity index is 1.79. The molecule has 0 radical (unpaired) electrons. The maximum absolute atomic E-state index is 13.5. The number of nitrogens with one attached hydrogen (secondary N) is 1. The van der Waals surface area contributed by atoms with Crippen molar-refractivity contribution < 1.29 is 33.8 Å². The average molecular weight is 578 g/mol. The van der Waals surface area contributed by atoms with E-state index in [1.54, 1.807) is 49.9 Å². The van der Waals surface area contributed by atoms with Crippen molar-refractivity contribution in [3.8, 4) is 5.75 Å². The molecule has 0 saturated carbocycles. The maximum atomic E-state index is 13.5. The van der Waals surface area contributed by atoms with Crippen LogP contribution < -0.4 is 11.1 Å². The van der Waals surface area contributed by atoms with Gasteiger partial charge in [-0.25, -0.2) is 19.5 Å². The Labute approximate surface area is 243 Å². The lowest BCUT2D eigenvalue weighted by Crippen LogP contribution is -2.38. The van der Waals surface area contributed by atoms with Gasteiger partial charge in [-0.3, -0.25) is 9.59 Å². The van der Waals surface area contributed by atoms with E-state index in [0.717, 1.165) is 10.5 Å². The first-order valence-electron chi connectivity index (χ1n) is 13.3. The number of hydrogen-bond donors (Lipinski definition) is 3. The number of rotatable bonds is 10. The van der Waals surface area contributed by atoms with E-state index in [9.17, 15) is 24.3 Å². The second-order valence-electron chi connectivity index (χ2n) is 9.45. The van der Waals surface area contributed by atoms with Crippen molar-refractivity contribution in [2.24, 2.45) is 17.8 Å². The van der Waals surface area contributed by atoms with Crippen molar-refractivity contribution >= 4 is 35.4 Å². The molecule has 0 spiro atoms. The molecule has 0 unspecified atom stereocenters. The molecule has 3 amide bonds. The zero-order chi connectivity index (χ0) is 31.0. The molecule has 42 heavy (non-hydrogen) atoms. The van der Waals surface area contributed by atoms with Crippen LogP contribution in [0.5, 0.6) is 5.75 Å². The number of aromatic hydroxyl groups is 1. The van der Waals surface area contributed by atoms with Gasteiger partial charge in [0.1, 0.15) is 11.6 Å². The second-order valence-corrected chi connectivity index (χ2v) is 9.45. The monoisotopic (exact) mass is 577 g/mol. The lowest BCUT2D eigenvalue weighted by molar-refractivity contribution is -0.0105. The van der Waals surface area contributed by atoms with Gasteiger partial charge in [-0.1, -0.05) is 13.0 Å². The smallest absolute Gasteiger partial charge is 0.419 e. The number of carbonyl (C=O) groups is 4. The van der Waals surface area contributed by atoms with Crippen LogP contribution in [0.4, 0.5) is 10.5 Å². The summed E-state index contributed by atoms with van der Waals surface area (Å²) in [6, 6.07) is 10.5. The largest absolute Gasteiger partial charge is 0.508 e. The summed E-state index contributed by atoms with van der Waals surface area (Å²) in [5.74, 6) is -1.50. The zero-order valence-corrected chi connectivity index (χ0v) is 24.3. The molecule has 3 rings (SSSR count). The van der Waals surface area contributed by atoms with E-state index < -0.39 is 24.8 Å². The highest BCUT2D eigenvalue weighted by molar-refractivity contribution is 6.07. The Morgan fingerprint density at radius 1 is 1.02 bits per heavy atom. The summed E-state index contributed by atoms with van der Waals surface area (Å²) < 4.78 is 11.7. The summed E-state index contributed by atoms with van der Waals surface area (Å²) in [4.78, 5) is 56.2. The molecule has 0 bridgehead atoms. The van der Waals surface area contributed by atoms with Crippen molar-refractivity contribution in [3.63, 3.8) is 0 Å². The highest BCUT2D eigenvalue weighted by Gasteiger charge is 2.28. The van der Waals surface area contributed by atoms with Crippen molar-refractivity contribution in [3.05, 3.63) is 82.2 Å². The quantitative estimate of drug-likeness (QED) is 0.141. The van der Waals surface area contributed by atoms with Gasteiger partial charge >= 0.3 is 12.1 Å². The number of ether oxygens (including phenoxy) is 2. The van der Waals surface area contributed by atoms with Gasteiger partial charge in [0.15, 0.2) is 0 Å². The summed E-state index contributed by atoms with van der Waals surface area (Å²) in [6.07, 6.45) is 1.02. The van der Waals surface area contributed by atoms with Crippen molar-refractivity contribution in [1.82, 2.24) is 14.8 Å². The van der Waals surface area contributed by atoms with Crippen LogP contribution >= 0.6 is 0 Å². The predicted octanol–water partition coefficient (Wildman–Crippen LogP) is 3.94. The summed E-state index contributed by atoms with van der Waals surface area (Å²) in [5.41, 5.74) is 9.47. The molecule has 1 heterocycles. The number of benzene rings is 2. The molecular formula is C30H35N5O7. The predicted molar refractivity (Wildman–Crippen MR) is 156 cm³/mol. The maximum Gasteiger partial charge on any atom is 0.419 e. The number of carbonyl (C=O) groups excluding carboxylic acids is 4. The van der Waals surface area contributed by atoms with E-state index in [4.69, 9.17) is 15.2 Å². The summed E-state index contributed by atoms with van der Waals surface area (Å²) in [6.45, 7) is 7.00. The number of imide groups is 1. The van der Waals surface area contributed by atoms with Gasteiger partial charge in [0, 0.05) is 31.9 Å². The molecule has 0 atom stereocenters. The van der Waals surface area contributed by atoms with Crippen LogP contribution in [0.2, 0.25) is 0 Å². The second kappa shape index (κ2) is 14.0. The molecule has 0 aliphatic heterocycles. The fourth-order valence-electron chi connectivity index (χ4n) is 4.19. The molecule has 3 aromatic rings. The van der Waals surface area contributed by atoms with Crippen molar-refractivity contribution in [2.75, 3.05) is 19.9 Å². The highest BCUT2D eigenvalue weighted by atomic mass is 16.7. The first-order valence-corrected chi connectivity index (χ1v) is 13.3. The number of phenolic OH excluding ortho intramolecular Hbond substituents is 1. The van der Waals surface area contributed by atoms with Crippen LogP contribution in [0.1, 0.15) is 68.2 Å². The molecular weight excluding hydrogens is 542 g/mol. The number of hydrogen-bond acceptors (Lipinski definition) is 8. The van der Waals surface area contributed by atoms with Gasteiger partial charge in [-0.15, -0.1) is 0 Å². The van der Waals surface area contributed by atoms with E-state index in [-0.39, 0.29) is 35.2 Å². The minimum Gasteiger partial charge on any atom is -0.508 e. The van der Waals surface area contributed by atoms with Crippen LogP contribution in [-0.4, -0.2) is 64.2 Å². The fourth-order valence-corrected chi connectivity index (χ4v) is 4.19. The van der Waals surface area contributed by atoms with Gasteiger partial charge in [-0.2, -0.15) is 0 Å². The van der Waals surface area contributed by atoms with Crippen LogP contribution in [0, 0.1) is 13.8 Å². The Hall–Kier alpha value is -5.13. The molecule has 0 aliphatic carbocycles. The number of aliphatic imine (C=N–C) groups is 1. The third-order valence-electron chi connectivity index (χ3n) is 6.35. The standard InChI is InChI=1S/C30H35N5O7/c1-6-14-35(30(40)42-17-41-29(39)20-10-12-22(36)13-11-20)28(38)23-16-34(5)25(19(23)4)26(31)33-24-15-21(9-8-18(24)3)27(37)32-7-2/h8-13,15-16,36H,6-7,14,17H2,1-5H3,(H2,31,33)(H,32,37). The first kappa shape index (κ1) is 31.4. The topological polar surface area (TPSA) is 166 Å². The minimum atomic E-state index is -0.982. The summed E-state index contributed by atoms with van der Waals surface area (Å²) >= 11 is 0. The SMILES string of the molecule is CCCN(C(=O)OCOC(=O)c1ccc(O)cc1)C(=O)c1cn(C)c(C(N)=Nc2cc(C(=O)NCC)ccc2C)c1C. The Morgan fingerprint density at radius 3 is 2.33 bits per heavy atom. The van der Waals surface area contributed by atoms with Crippen LogP contribution in [0.25, 0.3) is 0 Å². The average Bonchev–Trinajstić information content (AvgIpc) is 3.26. The Morgan fingerprint density at radius 2 is 1.69 bits per heavy atom. The van der Waals surface area contributed by atoms with Gasteiger partial charge in [0.2, 0.25) is 6.79 Å². The number of aryl methyl sites for hydroxylation is 2. The normalized spacial score (nSPS) is 11.1. The molecule has 0 aliphatic rings. The molecule has 4 N–H and O–H groups in total. The zero-order valence-electron chi connectivity index (χ0n) is 24.3. The number of esters is 1. The third-order valence-corrected chi connectivity index (χ3v) is 6.35. The van der Waals surface area contributed by atoms with Gasteiger partial charge in [0.25, 0.3) is 11.8 Å². The lowest BCUT2D eigenvalue weighted by atomic mass is 10.1. The highest BCUT2D eigenvalue weighted by Crippen LogP contribution is 2.24. The van der Waals surface area contributed by atoms with Crippen LogP contribution in [0.3, 0.4) is 0 Å². The third kappa shape index (κ3) is 7.33. The minimum absolute atomic E-state index is 0.0140. The van der Waals surface area contributed by atoms with Crippen molar-refractivity contribution in [2.45, 2.75) is 34.1 Å². The lowest BCUT2D eigenvalue weighted by Gasteiger charge is -2.19. The van der Waals surface area contributed by atoms with E-state index in [1.807, 2.05) is 13.8 Å². The van der Waals surface area contributed by atoms with Crippen molar-refractivity contribution in [1.29, 1.82) is 0 Å². The molecule has 0 fully saturated rings. The number of amidine groups is 1. The number of nitrogens with two attached hydrogens (primary N) is 1. The van der Waals surface area contributed by atoms with E-state index in [1.165, 1.54) is 24.3 Å². The van der Waals surface area contributed by atoms with Crippen LogP contribution in [0.15, 0.2) is 53.7 Å². The molecule has 2 aromatic carbocycles. The van der Waals surface area contributed by atoms with Crippen LogP contribution in [-0.2, 0) is 16.5 Å². The fraction of sp³-hybridized carbons (Fsp3) is 0.300. The molecule has 12 nitrogen and oxygen atoms in total.